The molecule has 0 aromatic heterocycles. The number of nitrogens with zero attached hydrogens (tertiary/aromatic N) is 1. The molecule has 3 nitrogen and oxygen atoms in total. The standard InChI is InChI=1S/C16H23FN2O/c1-5-13-15(20)19(10-16(2,3)4)14(18-13)11-7-6-8-12(17)9-11/h6-9,13-14,18H,5,10H2,1-4H3. The Morgan fingerprint density at radius 3 is 2.60 bits per heavy atom. The maximum Gasteiger partial charge on any atom is 0.241 e. The molecule has 0 aliphatic carbocycles. The zero-order valence-corrected chi connectivity index (χ0v) is 12.6. The molecule has 1 saturated heterocycles. The Morgan fingerprint density at radius 2 is 2.05 bits per heavy atom. The van der Waals surface area contributed by atoms with Crippen molar-refractivity contribution in [2.75, 3.05) is 6.54 Å². The molecule has 2 unspecified atom stereocenters. The number of carbonyl (C=O) groups is 1. The molecule has 1 heterocycles. The summed E-state index contributed by atoms with van der Waals surface area (Å²) in [5.74, 6) is -0.163. The highest BCUT2D eigenvalue weighted by Gasteiger charge is 2.40. The van der Waals surface area contributed by atoms with Gasteiger partial charge < -0.3 is 4.90 Å². The van der Waals surface area contributed by atoms with Gasteiger partial charge in [-0.05, 0) is 29.5 Å². The van der Waals surface area contributed by atoms with Gasteiger partial charge in [0.1, 0.15) is 12.0 Å². The van der Waals surface area contributed by atoms with Crippen molar-refractivity contribution >= 4 is 5.91 Å². The molecule has 1 aromatic rings. The first-order valence-corrected chi connectivity index (χ1v) is 7.14. The van der Waals surface area contributed by atoms with Crippen LogP contribution in [0.15, 0.2) is 24.3 Å². The van der Waals surface area contributed by atoms with Crippen LogP contribution in [0.4, 0.5) is 4.39 Å². The third-order valence-electron chi connectivity index (χ3n) is 3.47. The van der Waals surface area contributed by atoms with Crippen LogP contribution < -0.4 is 5.32 Å². The molecule has 110 valence electrons. The van der Waals surface area contributed by atoms with Gasteiger partial charge in [-0.3, -0.25) is 10.1 Å². The molecule has 1 amide bonds. The lowest BCUT2D eigenvalue weighted by Crippen LogP contribution is -2.37. The maximum absolute atomic E-state index is 13.4. The van der Waals surface area contributed by atoms with Crippen LogP contribution in [0.3, 0.4) is 0 Å². The molecule has 2 atom stereocenters. The summed E-state index contributed by atoms with van der Waals surface area (Å²) in [5.41, 5.74) is 0.810. The van der Waals surface area contributed by atoms with E-state index < -0.39 is 0 Å². The third-order valence-corrected chi connectivity index (χ3v) is 3.47. The molecule has 20 heavy (non-hydrogen) atoms. The molecule has 0 spiro atoms. The van der Waals surface area contributed by atoms with Crippen LogP contribution in [0, 0.1) is 11.2 Å². The Morgan fingerprint density at radius 1 is 1.35 bits per heavy atom. The van der Waals surface area contributed by atoms with E-state index in [1.165, 1.54) is 12.1 Å². The van der Waals surface area contributed by atoms with E-state index in [2.05, 4.69) is 26.1 Å². The van der Waals surface area contributed by atoms with Crippen LogP contribution in [-0.2, 0) is 4.79 Å². The van der Waals surface area contributed by atoms with Crippen molar-refractivity contribution in [2.45, 2.75) is 46.3 Å². The lowest BCUT2D eigenvalue weighted by Gasteiger charge is -2.31. The van der Waals surface area contributed by atoms with Gasteiger partial charge in [0.25, 0.3) is 0 Å². The van der Waals surface area contributed by atoms with Gasteiger partial charge in [0.05, 0.1) is 6.04 Å². The van der Waals surface area contributed by atoms with Gasteiger partial charge in [0, 0.05) is 6.54 Å². The van der Waals surface area contributed by atoms with Gasteiger partial charge in [-0.15, -0.1) is 0 Å². The highest BCUT2D eigenvalue weighted by Crippen LogP contribution is 2.30. The minimum absolute atomic E-state index is 0.00550. The summed E-state index contributed by atoms with van der Waals surface area (Å²) in [6.45, 7) is 8.93. The Hall–Kier alpha value is -1.42. The number of hydrogen-bond donors (Lipinski definition) is 1. The summed E-state index contributed by atoms with van der Waals surface area (Å²) in [4.78, 5) is 14.3. The molecular weight excluding hydrogens is 255 g/mol. The van der Waals surface area contributed by atoms with Gasteiger partial charge >= 0.3 is 0 Å². The van der Waals surface area contributed by atoms with E-state index >= 15 is 0 Å². The summed E-state index contributed by atoms with van der Waals surface area (Å²) in [5, 5.41) is 3.32. The monoisotopic (exact) mass is 278 g/mol. The van der Waals surface area contributed by atoms with Crippen molar-refractivity contribution in [1.29, 1.82) is 0 Å². The van der Waals surface area contributed by atoms with E-state index in [0.29, 0.717) is 6.54 Å². The first kappa shape index (κ1) is 15.0. The molecule has 1 aromatic carbocycles. The normalized spacial score (nSPS) is 23.4. The van der Waals surface area contributed by atoms with Crippen molar-refractivity contribution < 1.29 is 9.18 Å². The molecule has 1 aliphatic rings. The Kier molecular flexibility index (Phi) is 4.14. The average molecular weight is 278 g/mol. The third kappa shape index (κ3) is 3.18. The lowest BCUT2D eigenvalue weighted by atomic mass is 9.95. The smallest absolute Gasteiger partial charge is 0.241 e. The quantitative estimate of drug-likeness (QED) is 0.921. The van der Waals surface area contributed by atoms with Crippen molar-refractivity contribution in [3.05, 3.63) is 35.6 Å². The van der Waals surface area contributed by atoms with E-state index in [9.17, 15) is 9.18 Å². The topological polar surface area (TPSA) is 32.3 Å². The highest BCUT2D eigenvalue weighted by atomic mass is 19.1. The average Bonchev–Trinajstić information content (AvgIpc) is 2.65. The first-order valence-electron chi connectivity index (χ1n) is 7.14. The molecule has 1 aliphatic heterocycles. The number of hydrogen-bond acceptors (Lipinski definition) is 2. The predicted octanol–water partition coefficient (Wildman–Crippen LogP) is 3.08. The maximum atomic E-state index is 13.4. The van der Waals surface area contributed by atoms with Crippen LogP contribution >= 0.6 is 0 Å². The number of benzene rings is 1. The van der Waals surface area contributed by atoms with Gasteiger partial charge in [0.2, 0.25) is 5.91 Å². The highest BCUT2D eigenvalue weighted by molar-refractivity contribution is 5.84. The summed E-state index contributed by atoms with van der Waals surface area (Å²) < 4.78 is 13.4. The fourth-order valence-electron chi connectivity index (χ4n) is 2.60. The molecule has 1 fully saturated rings. The minimum atomic E-state index is -0.271. The molecule has 0 saturated carbocycles. The molecule has 1 N–H and O–H groups in total. The summed E-state index contributed by atoms with van der Waals surface area (Å²) in [6.07, 6.45) is 0.507. The van der Waals surface area contributed by atoms with Gasteiger partial charge in [-0.2, -0.15) is 0 Å². The largest absolute Gasteiger partial charge is 0.321 e. The molecule has 4 heteroatoms. The zero-order valence-electron chi connectivity index (χ0n) is 12.6. The van der Waals surface area contributed by atoms with Crippen LogP contribution in [0.5, 0.6) is 0 Å². The Balaban J connectivity index is 2.31. The second-order valence-corrected chi connectivity index (χ2v) is 6.61. The van der Waals surface area contributed by atoms with Crippen molar-refractivity contribution in [3.63, 3.8) is 0 Å². The minimum Gasteiger partial charge on any atom is -0.321 e. The van der Waals surface area contributed by atoms with Crippen molar-refractivity contribution in [3.8, 4) is 0 Å². The summed E-state index contributed by atoms with van der Waals surface area (Å²) in [7, 11) is 0. The van der Waals surface area contributed by atoms with E-state index in [-0.39, 0.29) is 29.3 Å². The molecule has 0 bridgehead atoms. The fourth-order valence-corrected chi connectivity index (χ4v) is 2.60. The van der Waals surface area contributed by atoms with Crippen LogP contribution in [0.1, 0.15) is 45.8 Å². The van der Waals surface area contributed by atoms with E-state index in [1.54, 1.807) is 6.07 Å². The van der Waals surface area contributed by atoms with Gasteiger partial charge in [0.15, 0.2) is 0 Å². The second-order valence-electron chi connectivity index (χ2n) is 6.61. The summed E-state index contributed by atoms with van der Waals surface area (Å²) in [6, 6.07) is 6.29. The zero-order chi connectivity index (χ0) is 14.9. The van der Waals surface area contributed by atoms with E-state index in [1.807, 2.05) is 17.9 Å². The van der Waals surface area contributed by atoms with Crippen LogP contribution in [0.2, 0.25) is 0 Å². The van der Waals surface area contributed by atoms with Crippen LogP contribution in [-0.4, -0.2) is 23.4 Å². The lowest BCUT2D eigenvalue weighted by molar-refractivity contribution is -0.131. The van der Waals surface area contributed by atoms with E-state index in [0.717, 1.165) is 12.0 Å². The van der Waals surface area contributed by atoms with Crippen molar-refractivity contribution in [2.24, 2.45) is 5.41 Å². The Bertz CT molecular complexity index is 495. The Labute approximate surface area is 120 Å². The number of rotatable bonds is 3. The molecule has 0 radical (unpaired) electrons. The van der Waals surface area contributed by atoms with E-state index in [4.69, 9.17) is 0 Å². The molecule has 2 rings (SSSR count). The SMILES string of the molecule is CCC1NC(c2cccc(F)c2)N(CC(C)(C)C)C1=O. The van der Waals surface area contributed by atoms with Crippen LogP contribution in [0.25, 0.3) is 0 Å². The van der Waals surface area contributed by atoms with Crippen molar-refractivity contribution in [1.82, 2.24) is 10.2 Å². The van der Waals surface area contributed by atoms with Gasteiger partial charge in [-0.25, -0.2) is 4.39 Å². The van der Waals surface area contributed by atoms with Gasteiger partial charge in [-0.1, -0.05) is 39.8 Å². The number of nitrogens with one attached hydrogen (secondary N) is 1. The number of carbonyl (C=O) groups excluding carboxylic acids is 1. The number of halogens is 1. The molecular formula is C16H23FN2O. The number of amides is 1. The first-order chi connectivity index (χ1) is 9.31. The summed E-state index contributed by atoms with van der Waals surface area (Å²) >= 11 is 0. The second kappa shape index (κ2) is 5.52. The predicted molar refractivity (Wildman–Crippen MR) is 77.5 cm³/mol. The fraction of sp³-hybridized carbons (Fsp3) is 0.562.